The van der Waals surface area contributed by atoms with Crippen LogP contribution < -0.4 is 5.32 Å². The van der Waals surface area contributed by atoms with Crippen LogP contribution in [0.1, 0.15) is 32.3 Å². The molecule has 0 aromatic carbocycles. The monoisotopic (exact) mass is 341 g/mol. The molecular formula is C14H16BrNO2S. The molecule has 2 rings (SSSR count). The molecule has 0 saturated carbocycles. The van der Waals surface area contributed by atoms with Crippen molar-refractivity contribution in [1.82, 2.24) is 5.32 Å². The van der Waals surface area contributed by atoms with Gasteiger partial charge in [0, 0.05) is 17.0 Å². The van der Waals surface area contributed by atoms with E-state index in [9.17, 15) is 4.79 Å². The maximum atomic E-state index is 12.1. The van der Waals surface area contributed by atoms with Crippen LogP contribution in [0.15, 0.2) is 20.3 Å². The Bertz CT molecular complexity index is 601. The number of rotatable bonds is 4. The number of hydrogen-bond acceptors (Lipinski definition) is 3. The molecule has 0 spiro atoms. The summed E-state index contributed by atoms with van der Waals surface area (Å²) in [6, 6.07) is 4.09. The summed E-state index contributed by atoms with van der Waals surface area (Å²) in [5.41, 5.74) is 1.60. The Kier molecular flexibility index (Phi) is 4.47. The molecule has 2 aromatic heterocycles. The molecule has 0 aliphatic carbocycles. The van der Waals surface area contributed by atoms with Crippen LogP contribution in [0.2, 0.25) is 0 Å². The Labute approximate surface area is 125 Å². The van der Waals surface area contributed by atoms with Crippen molar-refractivity contribution in [2.75, 3.05) is 6.54 Å². The summed E-state index contributed by atoms with van der Waals surface area (Å²) in [5.74, 6) is 1.44. The molecule has 0 bridgehead atoms. The van der Waals surface area contributed by atoms with Gasteiger partial charge < -0.3 is 9.73 Å². The molecule has 3 nitrogen and oxygen atoms in total. The van der Waals surface area contributed by atoms with Crippen LogP contribution in [-0.2, 0) is 6.42 Å². The van der Waals surface area contributed by atoms with E-state index >= 15 is 0 Å². The van der Waals surface area contributed by atoms with Crippen LogP contribution in [0, 0.1) is 20.8 Å². The predicted molar refractivity (Wildman–Crippen MR) is 81.0 cm³/mol. The number of carbonyl (C=O) groups is 1. The lowest BCUT2D eigenvalue weighted by Crippen LogP contribution is -2.26. The summed E-state index contributed by atoms with van der Waals surface area (Å²) >= 11 is 5.12. The van der Waals surface area contributed by atoms with E-state index in [2.05, 4.69) is 27.3 Å². The number of hydrogen-bond donors (Lipinski definition) is 1. The predicted octanol–water partition coefficient (Wildman–Crippen LogP) is 4.00. The van der Waals surface area contributed by atoms with Gasteiger partial charge in [-0.1, -0.05) is 0 Å². The van der Waals surface area contributed by atoms with Gasteiger partial charge in [-0.3, -0.25) is 4.79 Å². The van der Waals surface area contributed by atoms with Crippen LogP contribution in [-0.4, -0.2) is 12.5 Å². The fraction of sp³-hybridized carbons (Fsp3) is 0.357. The second-order valence-electron chi connectivity index (χ2n) is 4.43. The van der Waals surface area contributed by atoms with Crippen LogP contribution in [0.4, 0.5) is 0 Å². The standard InChI is InChI=1S/C14H16BrNO2S/c1-8-9(2)18-10(3)13(8)14(17)16-7-6-11-4-5-12(15)19-11/h4-5H,6-7H2,1-3H3,(H,16,17). The molecule has 2 heterocycles. The molecule has 2 aromatic rings. The van der Waals surface area contributed by atoms with Crippen molar-refractivity contribution < 1.29 is 9.21 Å². The third-order valence-electron chi connectivity index (χ3n) is 3.07. The normalized spacial score (nSPS) is 10.7. The average Bonchev–Trinajstić information content (AvgIpc) is 2.84. The zero-order chi connectivity index (χ0) is 14.0. The first-order valence-corrected chi connectivity index (χ1v) is 7.69. The Balaban J connectivity index is 1.94. The van der Waals surface area contributed by atoms with Crippen LogP contribution in [0.5, 0.6) is 0 Å². The van der Waals surface area contributed by atoms with E-state index in [1.165, 1.54) is 4.88 Å². The van der Waals surface area contributed by atoms with Crippen molar-refractivity contribution in [2.24, 2.45) is 0 Å². The van der Waals surface area contributed by atoms with Gasteiger partial charge in [0.1, 0.15) is 11.5 Å². The molecule has 0 aliphatic rings. The first-order chi connectivity index (χ1) is 8.99. The number of aryl methyl sites for hydroxylation is 2. The lowest BCUT2D eigenvalue weighted by Gasteiger charge is -2.04. The number of amides is 1. The third-order valence-corrected chi connectivity index (χ3v) is 4.76. The van der Waals surface area contributed by atoms with E-state index in [0.717, 1.165) is 21.5 Å². The fourth-order valence-corrected chi connectivity index (χ4v) is 3.48. The van der Waals surface area contributed by atoms with E-state index in [4.69, 9.17) is 4.42 Å². The zero-order valence-corrected chi connectivity index (χ0v) is 13.6. The lowest BCUT2D eigenvalue weighted by atomic mass is 10.1. The second kappa shape index (κ2) is 5.92. The van der Waals surface area contributed by atoms with Crippen molar-refractivity contribution in [2.45, 2.75) is 27.2 Å². The third kappa shape index (κ3) is 3.28. The molecule has 5 heteroatoms. The number of halogens is 1. The van der Waals surface area contributed by atoms with Crippen molar-refractivity contribution in [3.8, 4) is 0 Å². The lowest BCUT2D eigenvalue weighted by molar-refractivity contribution is 0.0952. The molecule has 0 unspecified atom stereocenters. The van der Waals surface area contributed by atoms with Gasteiger partial charge in [-0.05, 0) is 55.3 Å². The Morgan fingerprint density at radius 2 is 2.05 bits per heavy atom. The summed E-state index contributed by atoms with van der Waals surface area (Å²) in [4.78, 5) is 13.4. The molecule has 0 radical (unpaired) electrons. The first kappa shape index (κ1) is 14.3. The van der Waals surface area contributed by atoms with E-state index in [1.807, 2.05) is 26.8 Å². The maximum Gasteiger partial charge on any atom is 0.255 e. The summed E-state index contributed by atoms with van der Waals surface area (Å²) in [6.45, 7) is 6.25. The summed E-state index contributed by atoms with van der Waals surface area (Å²) in [5, 5.41) is 2.94. The van der Waals surface area contributed by atoms with Gasteiger partial charge in [-0.25, -0.2) is 0 Å². The highest BCUT2D eigenvalue weighted by Crippen LogP contribution is 2.22. The summed E-state index contributed by atoms with van der Waals surface area (Å²) < 4.78 is 6.59. The van der Waals surface area contributed by atoms with Crippen molar-refractivity contribution in [3.63, 3.8) is 0 Å². The number of furan rings is 1. The molecule has 0 aliphatic heterocycles. The van der Waals surface area contributed by atoms with Crippen LogP contribution >= 0.6 is 27.3 Å². The quantitative estimate of drug-likeness (QED) is 0.913. The van der Waals surface area contributed by atoms with Gasteiger partial charge in [0.15, 0.2) is 0 Å². The van der Waals surface area contributed by atoms with E-state index < -0.39 is 0 Å². The van der Waals surface area contributed by atoms with Crippen molar-refractivity contribution >= 4 is 33.2 Å². The van der Waals surface area contributed by atoms with Crippen molar-refractivity contribution in [3.05, 3.63) is 43.4 Å². The fourth-order valence-electron chi connectivity index (χ4n) is 2.00. The number of thiophene rings is 1. The smallest absolute Gasteiger partial charge is 0.255 e. The molecule has 0 atom stereocenters. The highest BCUT2D eigenvalue weighted by atomic mass is 79.9. The SMILES string of the molecule is Cc1oc(C)c(C(=O)NCCc2ccc(Br)s2)c1C. The molecule has 102 valence electrons. The topological polar surface area (TPSA) is 42.2 Å². The highest BCUT2D eigenvalue weighted by molar-refractivity contribution is 9.11. The van der Waals surface area contributed by atoms with Crippen molar-refractivity contribution in [1.29, 1.82) is 0 Å². The van der Waals surface area contributed by atoms with Gasteiger partial charge >= 0.3 is 0 Å². The van der Waals surface area contributed by atoms with Gasteiger partial charge in [-0.2, -0.15) is 0 Å². The summed E-state index contributed by atoms with van der Waals surface area (Å²) in [7, 11) is 0. The first-order valence-electron chi connectivity index (χ1n) is 6.08. The minimum atomic E-state index is -0.0533. The number of nitrogens with one attached hydrogen (secondary N) is 1. The largest absolute Gasteiger partial charge is 0.466 e. The average molecular weight is 342 g/mol. The minimum Gasteiger partial charge on any atom is -0.466 e. The Hall–Kier alpha value is -1.07. The van der Waals surface area contributed by atoms with E-state index in [-0.39, 0.29) is 5.91 Å². The zero-order valence-electron chi connectivity index (χ0n) is 11.2. The molecule has 1 N–H and O–H groups in total. The van der Waals surface area contributed by atoms with Gasteiger partial charge in [-0.15, -0.1) is 11.3 Å². The Morgan fingerprint density at radius 3 is 2.58 bits per heavy atom. The highest BCUT2D eigenvalue weighted by Gasteiger charge is 2.17. The van der Waals surface area contributed by atoms with E-state index in [1.54, 1.807) is 11.3 Å². The molecule has 1 amide bonds. The maximum absolute atomic E-state index is 12.1. The minimum absolute atomic E-state index is 0.0533. The van der Waals surface area contributed by atoms with Crippen LogP contribution in [0.3, 0.4) is 0 Å². The molecule has 19 heavy (non-hydrogen) atoms. The Morgan fingerprint density at radius 1 is 1.32 bits per heavy atom. The molecule has 0 fully saturated rings. The number of carbonyl (C=O) groups excluding carboxylic acids is 1. The molecular weight excluding hydrogens is 326 g/mol. The summed E-state index contributed by atoms with van der Waals surface area (Å²) in [6.07, 6.45) is 0.844. The van der Waals surface area contributed by atoms with Gasteiger partial charge in [0.2, 0.25) is 0 Å². The van der Waals surface area contributed by atoms with Gasteiger partial charge in [0.05, 0.1) is 9.35 Å². The van der Waals surface area contributed by atoms with E-state index in [0.29, 0.717) is 17.9 Å². The van der Waals surface area contributed by atoms with Gasteiger partial charge in [0.25, 0.3) is 5.91 Å². The molecule has 0 saturated heterocycles. The van der Waals surface area contributed by atoms with Crippen LogP contribution in [0.25, 0.3) is 0 Å². The second-order valence-corrected chi connectivity index (χ2v) is 6.97.